The van der Waals surface area contributed by atoms with Crippen molar-refractivity contribution in [2.75, 3.05) is 11.5 Å². The summed E-state index contributed by atoms with van der Waals surface area (Å²) in [5.41, 5.74) is 2.81. The van der Waals surface area contributed by atoms with Crippen molar-refractivity contribution in [3.8, 4) is 11.3 Å². The van der Waals surface area contributed by atoms with E-state index in [0.29, 0.717) is 12.8 Å². The zero-order valence-corrected chi connectivity index (χ0v) is 17.0. The molecule has 1 atom stereocenters. The molecule has 0 radical (unpaired) electrons. The fraction of sp³-hybridized carbons (Fsp3) is 0.318. The number of carbonyl (C=O) groups excluding carboxylic acids is 1. The Kier molecular flexibility index (Phi) is 4.94. The highest BCUT2D eigenvalue weighted by Crippen LogP contribution is 2.32. The standard InChI is InChI=1S/C22H23FN2O3S/c1-22(11-12-29(27,28)14-22)25-20(26)10-8-17-18-13-16(23)7-9-19(18)24-21(17)15-5-3-2-4-6-15/h2-7,9,13,24H,8,10-12,14H2,1H3,(H,25,26)/t22-/m0/s1. The van der Waals surface area contributed by atoms with E-state index in [9.17, 15) is 17.6 Å². The third-order valence-corrected chi connectivity index (χ3v) is 7.38. The molecule has 1 aliphatic rings. The summed E-state index contributed by atoms with van der Waals surface area (Å²) in [6.45, 7) is 1.77. The van der Waals surface area contributed by atoms with E-state index in [1.807, 2.05) is 30.3 Å². The first-order valence-corrected chi connectivity index (χ1v) is 11.4. The van der Waals surface area contributed by atoms with Crippen molar-refractivity contribution in [1.29, 1.82) is 0 Å². The second-order valence-electron chi connectivity index (χ2n) is 7.99. The average molecular weight is 415 g/mol. The van der Waals surface area contributed by atoms with E-state index in [-0.39, 0.29) is 29.7 Å². The molecule has 2 N–H and O–H groups in total. The maximum atomic E-state index is 13.9. The number of aryl methyl sites for hydroxylation is 1. The van der Waals surface area contributed by atoms with Crippen LogP contribution in [0.15, 0.2) is 48.5 Å². The zero-order chi connectivity index (χ0) is 20.6. The van der Waals surface area contributed by atoms with Gasteiger partial charge in [0, 0.05) is 23.0 Å². The van der Waals surface area contributed by atoms with E-state index in [4.69, 9.17) is 0 Å². The first kappa shape index (κ1) is 19.6. The topological polar surface area (TPSA) is 79.0 Å². The van der Waals surface area contributed by atoms with E-state index in [1.165, 1.54) is 12.1 Å². The zero-order valence-electron chi connectivity index (χ0n) is 16.2. The van der Waals surface area contributed by atoms with Crippen molar-refractivity contribution in [3.63, 3.8) is 0 Å². The summed E-state index contributed by atoms with van der Waals surface area (Å²) in [6.07, 6.45) is 1.04. The van der Waals surface area contributed by atoms with Gasteiger partial charge < -0.3 is 10.3 Å². The molecule has 2 heterocycles. The smallest absolute Gasteiger partial charge is 0.220 e. The fourth-order valence-electron chi connectivity index (χ4n) is 4.08. The maximum absolute atomic E-state index is 13.9. The number of carbonyl (C=O) groups is 1. The molecule has 152 valence electrons. The number of aromatic nitrogens is 1. The third-order valence-electron chi connectivity index (χ3n) is 5.48. The van der Waals surface area contributed by atoms with Crippen molar-refractivity contribution in [3.05, 3.63) is 59.9 Å². The fourth-order valence-corrected chi connectivity index (χ4v) is 6.17. The van der Waals surface area contributed by atoms with Gasteiger partial charge in [0.25, 0.3) is 0 Å². The molecular weight excluding hydrogens is 391 g/mol. The number of benzene rings is 2. The van der Waals surface area contributed by atoms with Crippen LogP contribution in [-0.2, 0) is 21.1 Å². The predicted molar refractivity (Wildman–Crippen MR) is 112 cm³/mol. The van der Waals surface area contributed by atoms with Crippen molar-refractivity contribution >= 4 is 26.6 Å². The van der Waals surface area contributed by atoms with E-state index in [1.54, 1.807) is 13.0 Å². The van der Waals surface area contributed by atoms with Crippen LogP contribution >= 0.6 is 0 Å². The summed E-state index contributed by atoms with van der Waals surface area (Å²) in [6, 6.07) is 14.3. The summed E-state index contributed by atoms with van der Waals surface area (Å²) in [5.74, 6) is -0.456. The number of fused-ring (bicyclic) bond motifs is 1. The normalized spacial score (nSPS) is 20.8. The van der Waals surface area contributed by atoms with Gasteiger partial charge >= 0.3 is 0 Å². The van der Waals surface area contributed by atoms with E-state index in [0.717, 1.165) is 27.7 Å². The molecule has 1 aliphatic heterocycles. The van der Waals surface area contributed by atoms with Crippen molar-refractivity contribution in [2.24, 2.45) is 0 Å². The molecule has 0 unspecified atom stereocenters. The maximum Gasteiger partial charge on any atom is 0.220 e. The molecule has 1 amide bonds. The molecule has 1 saturated heterocycles. The van der Waals surface area contributed by atoms with Gasteiger partial charge in [-0.2, -0.15) is 0 Å². The predicted octanol–water partition coefficient (Wildman–Crippen LogP) is 3.60. The van der Waals surface area contributed by atoms with Crippen molar-refractivity contribution in [2.45, 2.75) is 31.7 Å². The number of nitrogens with one attached hydrogen (secondary N) is 2. The quantitative estimate of drug-likeness (QED) is 0.670. The van der Waals surface area contributed by atoms with E-state index in [2.05, 4.69) is 10.3 Å². The van der Waals surface area contributed by atoms with Crippen LogP contribution in [-0.4, -0.2) is 36.4 Å². The Morgan fingerprint density at radius 1 is 1.21 bits per heavy atom. The Morgan fingerprint density at radius 2 is 1.97 bits per heavy atom. The minimum Gasteiger partial charge on any atom is -0.354 e. The highest BCUT2D eigenvalue weighted by Gasteiger charge is 2.39. The van der Waals surface area contributed by atoms with Gasteiger partial charge in [0.1, 0.15) is 5.82 Å². The highest BCUT2D eigenvalue weighted by molar-refractivity contribution is 7.91. The van der Waals surface area contributed by atoms with E-state index >= 15 is 0 Å². The molecule has 0 spiro atoms. The van der Waals surface area contributed by atoms with Crippen LogP contribution in [0.1, 0.15) is 25.3 Å². The molecule has 5 nitrogen and oxygen atoms in total. The highest BCUT2D eigenvalue weighted by atomic mass is 32.2. The van der Waals surface area contributed by atoms with Gasteiger partial charge in [-0.3, -0.25) is 4.79 Å². The van der Waals surface area contributed by atoms with Gasteiger partial charge in [0.05, 0.1) is 17.0 Å². The number of amides is 1. The lowest BCUT2D eigenvalue weighted by atomic mass is 9.99. The SMILES string of the molecule is C[C@]1(NC(=O)CCc2c(-c3ccccc3)[nH]c3ccc(F)cc23)CCS(=O)(=O)C1. The summed E-state index contributed by atoms with van der Waals surface area (Å²) in [7, 11) is -3.10. The number of rotatable bonds is 5. The van der Waals surface area contributed by atoms with Gasteiger partial charge in [-0.05, 0) is 49.1 Å². The number of hydrogen-bond donors (Lipinski definition) is 2. The molecule has 2 aromatic carbocycles. The monoisotopic (exact) mass is 414 g/mol. The molecule has 7 heteroatoms. The van der Waals surface area contributed by atoms with Crippen molar-refractivity contribution in [1.82, 2.24) is 10.3 Å². The molecule has 0 aliphatic carbocycles. The minimum atomic E-state index is -3.10. The van der Waals surface area contributed by atoms with Gasteiger partial charge in [0.2, 0.25) is 5.91 Å². The number of halogens is 1. The van der Waals surface area contributed by atoms with Crippen LogP contribution in [0.3, 0.4) is 0 Å². The van der Waals surface area contributed by atoms with Gasteiger partial charge in [-0.1, -0.05) is 30.3 Å². The van der Waals surface area contributed by atoms with Crippen molar-refractivity contribution < 1.29 is 17.6 Å². The molecule has 3 aromatic rings. The Hall–Kier alpha value is -2.67. The summed E-state index contributed by atoms with van der Waals surface area (Å²) < 4.78 is 37.4. The van der Waals surface area contributed by atoms with Crippen LogP contribution in [0.4, 0.5) is 4.39 Å². The third kappa shape index (κ3) is 4.19. The lowest BCUT2D eigenvalue weighted by Gasteiger charge is -2.23. The molecule has 0 saturated carbocycles. The first-order chi connectivity index (χ1) is 13.7. The Morgan fingerprint density at radius 3 is 2.66 bits per heavy atom. The van der Waals surface area contributed by atoms with Crippen LogP contribution in [0.2, 0.25) is 0 Å². The van der Waals surface area contributed by atoms with E-state index < -0.39 is 15.4 Å². The second kappa shape index (κ2) is 7.30. The minimum absolute atomic E-state index is 0.0285. The first-order valence-electron chi connectivity index (χ1n) is 9.62. The molecule has 0 bridgehead atoms. The molecular formula is C22H23FN2O3S. The number of sulfone groups is 1. The number of aromatic amines is 1. The van der Waals surface area contributed by atoms with Crippen LogP contribution < -0.4 is 5.32 Å². The molecule has 1 fully saturated rings. The number of hydrogen-bond acceptors (Lipinski definition) is 3. The van der Waals surface area contributed by atoms with Crippen LogP contribution in [0, 0.1) is 5.82 Å². The van der Waals surface area contributed by atoms with Crippen LogP contribution in [0.5, 0.6) is 0 Å². The summed E-state index contributed by atoms with van der Waals surface area (Å²) in [5, 5.41) is 3.65. The van der Waals surface area contributed by atoms with Gasteiger partial charge in [-0.25, -0.2) is 12.8 Å². The molecule has 1 aromatic heterocycles. The lowest BCUT2D eigenvalue weighted by Crippen LogP contribution is -2.47. The molecule has 29 heavy (non-hydrogen) atoms. The largest absolute Gasteiger partial charge is 0.354 e. The van der Waals surface area contributed by atoms with Gasteiger partial charge in [0.15, 0.2) is 9.84 Å². The Bertz CT molecular complexity index is 1170. The summed E-state index contributed by atoms with van der Waals surface area (Å²) in [4.78, 5) is 15.9. The number of H-pyrrole nitrogens is 1. The molecule has 4 rings (SSSR count). The second-order valence-corrected chi connectivity index (χ2v) is 10.2. The van der Waals surface area contributed by atoms with Gasteiger partial charge in [-0.15, -0.1) is 0 Å². The Labute approximate surface area is 169 Å². The lowest BCUT2D eigenvalue weighted by molar-refractivity contribution is -0.122. The van der Waals surface area contributed by atoms with Crippen LogP contribution in [0.25, 0.3) is 22.2 Å². The Balaban J connectivity index is 1.59. The summed E-state index contributed by atoms with van der Waals surface area (Å²) >= 11 is 0. The average Bonchev–Trinajstić information content (AvgIpc) is 3.16.